The fourth-order valence-corrected chi connectivity index (χ4v) is 2.40. The molecular weight excluding hydrogens is 297 g/mol. The molecule has 2 aromatic rings. The van der Waals surface area contributed by atoms with Gasteiger partial charge in [-0.15, -0.1) is 0 Å². The van der Waals surface area contributed by atoms with Crippen molar-refractivity contribution >= 4 is 5.91 Å². The van der Waals surface area contributed by atoms with Crippen molar-refractivity contribution in [2.24, 2.45) is 0 Å². The van der Waals surface area contributed by atoms with E-state index in [-0.39, 0.29) is 30.1 Å². The van der Waals surface area contributed by atoms with E-state index in [1.165, 1.54) is 18.2 Å². The molecule has 0 bridgehead atoms. The second-order valence-electron chi connectivity index (χ2n) is 5.64. The largest absolute Gasteiger partial charge is 0.504 e. The summed E-state index contributed by atoms with van der Waals surface area (Å²) in [5.41, 5.74) is 0.884. The lowest BCUT2D eigenvalue weighted by molar-refractivity contribution is -0.134. The van der Waals surface area contributed by atoms with Gasteiger partial charge in [-0.25, -0.2) is 4.39 Å². The average Bonchev–Trinajstić information content (AvgIpc) is 3.38. The van der Waals surface area contributed by atoms with E-state index in [2.05, 4.69) is 0 Å². The predicted octanol–water partition coefficient (Wildman–Crippen LogP) is 3.10. The quantitative estimate of drug-likeness (QED) is 0.891. The molecule has 5 heteroatoms. The Morgan fingerprint density at radius 3 is 2.52 bits per heavy atom. The molecule has 0 aromatic heterocycles. The molecule has 0 aliphatic heterocycles. The number of amides is 1. The molecule has 3 rings (SSSR count). The van der Waals surface area contributed by atoms with Gasteiger partial charge in [0.05, 0.1) is 0 Å². The Kier molecular flexibility index (Phi) is 4.46. The van der Waals surface area contributed by atoms with Gasteiger partial charge >= 0.3 is 0 Å². The van der Waals surface area contributed by atoms with Gasteiger partial charge in [0, 0.05) is 12.6 Å². The Morgan fingerprint density at radius 2 is 1.87 bits per heavy atom. The molecule has 120 valence electrons. The predicted molar refractivity (Wildman–Crippen MR) is 83.6 cm³/mol. The Balaban J connectivity index is 1.63. The van der Waals surface area contributed by atoms with E-state index in [0.717, 1.165) is 18.4 Å². The molecule has 0 spiro atoms. The van der Waals surface area contributed by atoms with Gasteiger partial charge in [0.2, 0.25) is 0 Å². The van der Waals surface area contributed by atoms with Crippen molar-refractivity contribution in [1.29, 1.82) is 0 Å². The SMILES string of the molecule is O=C(COc1ccccc1O)N(Cc1ccc(F)cc1)C1CC1. The van der Waals surface area contributed by atoms with Crippen LogP contribution in [0.4, 0.5) is 4.39 Å². The van der Waals surface area contributed by atoms with Gasteiger partial charge in [-0.1, -0.05) is 24.3 Å². The fraction of sp³-hybridized carbons (Fsp3) is 0.278. The van der Waals surface area contributed by atoms with Crippen molar-refractivity contribution < 1.29 is 19.0 Å². The lowest BCUT2D eigenvalue weighted by Crippen LogP contribution is -2.36. The summed E-state index contributed by atoms with van der Waals surface area (Å²) in [5.74, 6) is -0.129. The Hall–Kier alpha value is -2.56. The molecule has 0 heterocycles. The molecule has 0 saturated heterocycles. The van der Waals surface area contributed by atoms with E-state index in [1.54, 1.807) is 35.2 Å². The van der Waals surface area contributed by atoms with Crippen molar-refractivity contribution in [2.45, 2.75) is 25.4 Å². The molecule has 1 aliphatic rings. The van der Waals surface area contributed by atoms with Crippen LogP contribution < -0.4 is 4.74 Å². The number of aromatic hydroxyl groups is 1. The third kappa shape index (κ3) is 4.00. The molecule has 0 unspecified atom stereocenters. The summed E-state index contributed by atoms with van der Waals surface area (Å²) in [6.07, 6.45) is 1.95. The Labute approximate surface area is 134 Å². The molecule has 1 fully saturated rings. The molecule has 0 atom stereocenters. The lowest BCUT2D eigenvalue weighted by atomic mass is 10.2. The van der Waals surface area contributed by atoms with Gasteiger partial charge in [0.25, 0.3) is 5.91 Å². The first-order valence-electron chi connectivity index (χ1n) is 7.58. The first kappa shape index (κ1) is 15.3. The number of hydrogen-bond donors (Lipinski definition) is 1. The van der Waals surface area contributed by atoms with Crippen LogP contribution in [0, 0.1) is 5.82 Å². The van der Waals surface area contributed by atoms with Crippen LogP contribution in [0.5, 0.6) is 11.5 Å². The van der Waals surface area contributed by atoms with Crippen LogP contribution in [0.1, 0.15) is 18.4 Å². The summed E-state index contributed by atoms with van der Waals surface area (Å²) in [7, 11) is 0. The van der Waals surface area contributed by atoms with E-state index < -0.39 is 0 Å². The third-order valence-corrected chi connectivity index (χ3v) is 3.79. The van der Waals surface area contributed by atoms with Gasteiger partial charge in [-0.2, -0.15) is 0 Å². The number of halogens is 1. The number of phenols is 1. The minimum absolute atomic E-state index is 0.0109. The van der Waals surface area contributed by atoms with Crippen LogP contribution in [0.2, 0.25) is 0 Å². The molecule has 1 aliphatic carbocycles. The highest BCUT2D eigenvalue weighted by Crippen LogP contribution is 2.29. The number of phenolic OH excluding ortho intramolecular Hbond substituents is 1. The summed E-state index contributed by atoms with van der Waals surface area (Å²) in [6.45, 7) is 0.309. The number of carbonyl (C=O) groups excluding carboxylic acids is 1. The summed E-state index contributed by atoms with van der Waals surface area (Å²) in [4.78, 5) is 14.2. The monoisotopic (exact) mass is 315 g/mol. The maximum atomic E-state index is 13.0. The zero-order valence-corrected chi connectivity index (χ0v) is 12.6. The van der Waals surface area contributed by atoms with Crippen molar-refractivity contribution in [2.75, 3.05) is 6.61 Å². The smallest absolute Gasteiger partial charge is 0.261 e. The van der Waals surface area contributed by atoms with Crippen LogP contribution >= 0.6 is 0 Å². The zero-order chi connectivity index (χ0) is 16.2. The second-order valence-corrected chi connectivity index (χ2v) is 5.64. The van der Waals surface area contributed by atoms with Crippen LogP contribution in [-0.2, 0) is 11.3 Å². The molecule has 1 saturated carbocycles. The molecule has 1 amide bonds. The van der Waals surface area contributed by atoms with Crippen LogP contribution in [0.15, 0.2) is 48.5 Å². The molecule has 1 N–H and O–H groups in total. The van der Waals surface area contributed by atoms with E-state index in [4.69, 9.17) is 4.74 Å². The molecule has 0 radical (unpaired) electrons. The standard InChI is InChI=1S/C18H18FNO3/c19-14-7-5-13(6-8-14)11-20(15-9-10-15)18(22)12-23-17-4-2-1-3-16(17)21/h1-8,15,21H,9-12H2. The van der Waals surface area contributed by atoms with Gasteiger partial charge in [0.15, 0.2) is 18.1 Å². The molecule has 23 heavy (non-hydrogen) atoms. The van der Waals surface area contributed by atoms with Gasteiger partial charge in [0.1, 0.15) is 5.82 Å². The second kappa shape index (κ2) is 6.69. The van der Waals surface area contributed by atoms with Crippen LogP contribution in [0.25, 0.3) is 0 Å². The number of rotatable bonds is 6. The summed E-state index contributed by atoms with van der Waals surface area (Å²) < 4.78 is 18.4. The number of hydrogen-bond acceptors (Lipinski definition) is 3. The van der Waals surface area contributed by atoms with Gasteiger partial charge in [-0.05, 0) is 42.7 Å². The van der Waals surface area contributed by atoms with E-state index in [9.17, 15) is 14.3 Å². The highest BCUT2D eigenvalue weighted by molar-refractivity contribution is 5.78. The van der Waals surface area contributed by atoms with Crippen LogP contribution in [-0.4, -0.2) is 28.6 Å². The number of benzene rings is 2. The molecule has 4 nitrogen and oxygen atoms in total. The zero-order valence-electron chi connectivity index (χ0n) is 12.6. The summed E-state index contributed by atoms with van der Waals surface area (Å²) in [6, 6.07) is 12.9. The molecular formula is C18H18FNO3. The maximum Gasteiger partial charge on any atom is 0.261 e. The number of nitrogens with zero attached hydrogens (tertiary/aromatic N) is 1. The lowest BCUT2D eigenvalue weighted by Gasteiger charge is -2.22. The van der Waals surface area contributed by atoms with Crippen molar-refractivity contribution in [1.82, 2.24) is 4.90 Å². The Bertz CT molecular complexity index is 683. The first-order valence-corrected chi connectivity index (χ1v) is 7.58. The van der Waals surface area contributed by atoms with Crippen molar-refractivity contribution in [3.8, 4) is 11.5 Å². The highest BCUT2D eigenvalue weighted by atomic mass is 19.1. The summed E-state index contributed by atoms with van der Waals surface area (Å²) >= 11 is 0. The number of ether oxygens (including phenoxy) is 1. The number of carbonyl (C=O) groups is 1. The van der Waals surface area contributed by atoms with E-state index >= 15 is 0 Å². The van der Waals surface area contributed by atoms with E-state index in [1.807, 2.05) is 0 Å². The van der Waals surface area contributed by atoms with Gasteiger partial charge < -0.3 is 14.7 Å². The minimum atomic E-state index is -0.291. The number of para-hydroxylation sites is 2. The van der Waals surface area contributed by atoms with Crippen molar-refractivity contribution in [3.05, 3.63) is 59.9 Å². The third-order valence-electron chi connectivity index (χ3n) is 3.79. The fourth-order valence-electron chi connectivity index (χ4n) is 2.40. The van der Waals surface area contributed by atoms with Gasteiger partial charge in [-0.3, -0.25) is 4.79 Å². The first-order chi connectivity index (χ1) is 11.1. The summed E-state index contributed by atoms with van der Waals surface area (Å²) in [5, 5.41) is 9.66. The van der Waals surface area contributed by atoms with Crippen LogP contribution in [0.3, 0.4) is 0 Å². The van der Waals surface area contributed by atoms with E-state index in [0.29, 0.717) is 12.3 Å². The normalized spacial score (nSPS) is 13.6. The highest BCUT2D eigenvalue weighted by Gasteiger charge is 2.32. The average molecular weight is 315 g/mol. The Morgan fingerprint density at radius 1 is 1.17 bits per heavy atom. The minimum Gasteiger partial charge on any atom is -0.504 e. The maximum absolute atomic E-state index is 13.0. The topological polar surface area (TPSA) is 49.8 Å². The van der Waals surface area contributed by atoms with Crippen molar-refractivity contribution in [3.63, 3.8) is 0 Å². The molecule has 2 aromatic carbocycles.